The van der Waals surface area contributed by atoms with Gasteiger partial charge in [-0.2, -0.15) is 0 Å². The van der Waals surface area contributed by atoms with Crippen molar-refractivity contribution in [1.29, 1.82) is 0 Å². The molecule has 12 heteroatoms. The predicted molar refractivity (Wildman–Crippen MR) is 117 cm³/mol. The molecule has 0 bridgehead atoms. The Balaban J connectivity index is 2.54. The molecule has 0 fully saturated rings. The van der Waals surface area contributed by atoms with Gasteiger partial charge in [0.2, 0.25) is 12.0 Å². The molecule has 0 spiro atoms. The van der Waals surface area contributed by atoms with E-state index in [1.165, 1.54) is 33.3 Å². The molecule has 0 aliphatic carbocycles. The summed E-state index contributed by atoms with van der Waals surface area (Å²) in [5.41, 5.74) is -0.0317. The molecular weight excluding hydrogens is 450 g/mol. The first-order valence-electron chi connectivity index (χ1n) is 10.5. The average Bonchev–Trinajstić information content (AvgIpc) is 3.20. The van der Waals surface area contributed by atoms with Crippen LogP contribution in [0.5, 0.6) is 11.5 Å². The molecule has 12 nitrogen and oxygen atoms in total. The molecule has 1 aromatic heterocycles. The molecule has 0 aliphatic heterocycles. The number of ether oxygens (including phenoxy) is 5. The Morgan fingerprint density at radius 3 is 2.09 bits per heavy atom. The third-order valence-electron chi connectivity index (χ3n) is 4.53. The molecule has 0 amide bonds. The van der Waals surface area contributed by atoms with Gasteiger partial charge in [0, 0.05) is 11.5 Å². The number of ketones is 1. The van der Waals surface area contributed by atoms with Crippen molar-refractivity contribution in [1.82, 2.24) is 15.0 Å². The first-order chi connectivity index (χ1) is 16.0. The summed E-state index contributed by atoms with van der Waals surface area (Å²) in [4.78, 5) is 37.6. The minimum absolute atomic E-state index is 0.0475. The zero-order chi connectivity index (χ0) is 25.6. The van der Waals surface area contributed by atoms with E-state index < -0.39 is 36.5 Å². The highest BCUT2D eigenvalue weighted by Crippen LogP contribution is 2.30. The summed E-state index contributed by atoms with van der Waals surface area (Å²) in [5.74, 6) is -0.158. The lowest BCUT2D eigenvalue weighted by molar-refractivity contribution is -0.0471. The van der Waals surface area contributed by atoms with Gasteiger partial charge in [-0.3, -0.25) is 4.79 Å². The number of benzene rings is 1. The normalized spacial score (nSPS) is 12.7. The van der Waals surface area contributed by atoms with Gasteiger partial charge >= 0.3 is 12.3 Å². The van der Waals surface area contributed by atoms with Crippen molar-refractivity contribution in [2.24, 2.45) is 5.92 Å². The molecule has 1 aromatic carbocycles. The molecule has 0 aliphatic rings. The summed E-state index contributed by atoms with van der Waals surface area (Å²) in [6, 6.07) is 4.52. The van der Waals surface area contributed by atoms with E-state index in [1.54, 1.807) is 33.8 Å². The minimum Gasteiger partial charge on any atom is -0.493 e. The molecular formula is C22H29N3O9. The SMILES string of the molecule is COc1ccc(C(=O)c2nn(C(OC(=O)OC(C)C)C(C)C)nc2C(C)OC(=O)O)cc1OC. The highest BCUT2D eigenvalue weighted by Gasteiger charge is 2.31. The van der Waals surface area contributed by atoms with Gasteiger partial charge in [0.25, 0.3) is 0 Å². The number of nitrogens with zero attached hydrogens (tertiary/aromatic N) is 3. The van der Waals surface area contributed by atoms with E-state index in [1.807, 2.05) is 0 Å². The highest BCUT2D eigenvalue weighted by atomic mass is 16.7. The predicted octanol–water partition coefficient (Wildman–Crippen LogP) is 4.00. The van der Waals surface area contributed by atoms with Crippen LogP contribution in [0.4, 0.5) is 9.59 Å². The second kappa shape index (κ2) is 11.3. The second-order valence-corrected chi connectivity index (χ2v) is 7.85. The standard InChI is InChI=1S/C22H29N3O9/c1-11(2)20(34-22(29)32-12(3)4)25-23-17(13(5)33-21(27)28)18(24-25)19(26)14-8-9-15(30-6)16(10-14)31-7/h8-13,20H,1-7H3,(H,27,28). The Hall–Kier alpha value is -3.83. The Bertz CT molecular complexity index is 1030. The number of carbonyl (C=O) groups is 3. The molecule has 34 heavy (non-hydrogen) atoms. The lowest BCUT2D eigenvalue weighted by Gasteiger charge is -2.20. The highest BCUT2D eigenvalue weighted by molar-refractivity contribution is 6.08. The van der Waals surface area contributed by atoms with Crippen molar-refractivity contribution >= 4 is 18.1 Å². The van der Waals surface area contributed by atoms with Gasteiger partial charge in [-0.25, -0.2) is 9.59 Å². The molecule has 1 heterocycles. The van der Waals surface area contributed by atoms with E-state index >= 15 is 0 Å². The molecule has 186 valence electrons. The average molecular weight is 479 g/mol. The van der Waals surface area contributed by atoms with Crippen LogP contribution >= 0.6 is 0 Å². The molecule has 2 unspecified atom stereocenters. The summed E-state index contributed by atoms with van der Waals surface area (Å²) in [6.45, 7) is 8.25. The largest absolute Gasteiger partial charge is 0.510 e. The maximum Gasteiger partial charge on any atom is 0.510 e. The lowest BCUT2D eigenvalue weighted by Crippen LogP contribution is -2.26. The van der Waals surface area contributed by atoms with Crippen LogP contribution in [-0.2, 0) is 14.2 Å². The second-order valence-electron chi connectivity index (χ2n) is 7.85. The van der Waals surface area contributed by atoms with Crippen LogP contribution in [0, 0.1) is 5.92 Å². The van der Waals surface area contributed by atoms with Crippen molar-refractivity contribution in [3.8, 4) is 11.5 Å². The van der Waals surface area contributed by atoms with E-state index in [0.717, 1.165) is 4.80 Å². The topological polar surface area (TPSA) is 148 Å². The maximum atomic E-state index is 13.4. The van der Waals surface area contributed by atoms with Crippen molar-refractivity contribution in [3.63, 3.8) is 0 Å². The van der Waals surface area contributed by atoms with Crippen LogP contribution in [0.15, 0.2) is 18.2 Å². The summed E-state index contributed by atoms with van der Waals surface area (Å²) in [5, 5.41) is 17.5. The molecule has 2 aromatic rings. The minimum atomic E-state index is -1.55. The van der Waals surface area contributed by atoms with Crippen molar-refractivity contribution in [2.75, 3.05) is 14.2 Å². The van der Waals surface area contributed by atoms with Gasteiger partial charge in [-0.15, -0.1) is 15.0 Å². The number of hydrogen-bond acceptors (Lipinski definition) is 10. The zero-order valence-corrected chi connectivity index (χ0v) is 20.1. The summed E-state index contributed by atoms with van der Waals surface area (Å²) in [6.07, 6.45) is -5.07. The van der Waals surface area contributed by atoms with Gasteiger partial charge in [0.15, 0.2) is 17.2 Å². The summed E-state index contributed by atoms with van der Waals surface area (Å²) < 4.78 is 25.6. The molecule has 2 atom stereocenters. The fraction of sp³-hybridized carbons (Fsp3) is 0.500. The molecule has 1 N–H and O–H groups in total. The fourth-order valence-electron chi connectivity index (χ4n) is 2.97. The zero-order valence-electron chi connectivity index (χ0n) is 20.1. The number of carboxylic acid groups (broad SMARTS) is 1. The van der Waals surface area contributed by atoms with Gasteiger partial charge in [0.05, 0.1) is 20.3 Å². The van der Waals surface area contributed by atoms with Crippen LogP contribution in [0.2, 0.25) is 0 Å². The van der Waals surface area contributed by atoms with Gasteiger partial charge in [-0.1, -0.05) is 13.8 Å². The smallest absolute Gasteiger partial charge is 0.493 e. The van der Waals surface area contributed by atoms with E-state index in [0.29, 0.717) is 11.5 Å². The fourth-order valence-corrected chi connectivity index (χ4v) is 2.97. The van der Waals surface area contributed by atoms with Crippen LogP contribution in [0.25, 0.3) is 0 Å². The van der Waals surface area contributed by atoms with Gasteiger partial charge < -0.3 is 28.8 Å². The number of hydrogen-bond donors (Lipinski definition) is 1. The molecule has 0 saturated heterocycles. The van der Waals surface area contributed by atoms with Crippen LogP contribution in [0.1, 0.15) is 68.7 Å². The monoisotopic (exact) mass is 479 g/mol. The number of carbonyl (C=O) groups excluding carboxylic acids is 2. The van der Waals surface area contributed by atoms with Crippen molar-refractivity contribution in [3.05, 3.63) is 35.2 Å². The number of methoxy groups -OCH3 is 2. The summed E-state index contributed by atoms with van der Waals surface area (Å²) >= 11 is 0. The Morgan fingerprint density at radius 2 is 1.56 bits per heavy atom. The Morgan fingerprint density at radius 1 is 0.912 bits per heavy atom. The summed E-state index contributed by atoms with van der Waals surface area (Å²) in [7, 11) is 2.89. The Kier molecular flexibility index (Phi) is 8.82. The first-order valence-corrected chi connectivity index (χ1v) is 10.5. The number of aromatic nitrogens is 3. The van der Waals surface area contributed by atoms with Gasteiger partial charge in [-0.05, 0) is 39.0 Å². The lowest BCUT2D eigenvalue weighted by atomic mass is 10.0. The van der Waals surface area contributed by atoms with E-state index in [-0.39, 0.29) is 22.9 Å². The Labute approximate surface area is 196 Å². The van der Waals surface area contributed by atoms with Crippen LogP contribution < -0.4 is 9.47 Å². The van der Waals surface area contributed by atoms with Gasteiger partial charge in [0.1, 0.15) is 11.8 Å². The van der Waals surface area contributed by atoms with Crippen molar-refractivity contribution < 1.29 is 43.2 Å². The van der Waals surface area contributed by atoms with Crippen LogP contribution in [0.3, 0.4) is 0 Å². The quantitative estimate of drug-likeness (QED) is 0.389. The third-order valence-corrected chi connectivity index (χ3v) is 4.53. The van der Waals surface area contributed by atoms with E-state index in [9.17, 15) is 14.4 Å². The molecule has 2 rings (SSSR count). The van der Waals surface area contributed by atoms with Crippen LogP contribution in [-0.4, -0.2) is 58.5 Å². The molecule has 0 saturated carbocycles. The van der Waals surface area contributed by atoms with Crippen molar-refractivity contribution in [2.45, 2.75) is 53.1 Å². The number of rotatable bonds is 10. The van der Waals surface area contributed by atoms with E-state index in [2.05, 4.69) is 10.2 Å². The first kappa shape index (κ1) is 26.4. The van der Waals surface area contributed by atoms with E-state index in [4.69, 9.17) is 28.8 Å². The molecule has 0 radical (unpaired) electrons. The third kappa shape index (κ3) is 6.36. The maximum absolute atomic E-state index is 13.4.